The second-order valence-corrected chi connectivity index (χ2v) is 4.10. The van der Waals surface area contributed by atoms with E-state index in [0.29, 0.717) is 5.76 Å². The summed E-state index contributed by atoms with van der Waals surface area (Å²) in [6.07, 6.45) is 8.88. The Morgan fingerprint density at radius 1 is 1.12 bits per heavy atom. The molecule has 0 saturated carbocycles. The zero-order valence-electron chi connectivity index (χ0n) is 9.79. The molecule has 16 heavy (non-hydrogen) atoms. The Labute approximate surface area is 96.8 Å². The van der Waals surface area contributed by atoms with Gasteiger partial charge in [0.15, 0.2) is 0 Å². The molecule has 0 aliphatic carbocycles. The first kappa shape index (κ1) is 10.7. The Hall–Kier alpha value is -1.76. The SMILES string of the molecule is C=C1/C=C\C=C/Cc2cc(C)c(C)cc2O1. The van der Waals surface area contributed by atoms with E-state index in [4.69, 9.17) is 4.74 Å². The maximum Gasteiger partial charge on any atom is 0.131 e. The minimum Gasteiger partial charge on any atom is -0.458 e. The fourth-order valence-corrected chi connectivity index (χ4v) is 1.72. The molecule has 2 rings (SSSR count). The van der Waals surface area contributed by atoms with Crippen molar-refractivity contribution in [3.8, 4) is 5.75 Å². The van der Waals surface area contributed by atoms with Gasteiger partial charge in [0.2, 0.25) is 0 Å². The monoisotopic (exact) mass is 212 g/mol. The van der Waals surface area contributed by atoms with Crippen molar-refractivity contribution in [1.29, 1.82) is 0 Å². The number of benzene rings is 1. The summed E-state index contributed by atoms with van der Waals surface area (Å²) in [5.41, 5.74) is 3.76. The predicted octanol–water partition coefficient (Wildman–Crippen LogP) is 3.86. The first-order chi connectivity index (χ1) is 7.66. The Morgan fingerprint density at radius 3 is 2.69 bits per heavy atom. The molecule has 0 N–H and O–H groups in total. The van der Waals surface area contributed by atoms with Crippen LogP contribution in [0.15, 0.2) is 48.8 Å². The van der Waals surface area contributed by atoms with Crippen molar-refractivity contribution in [2.24, 2.45) is 0 Å². The van der Waals surface area contributed by atoms with Crippen molar-refractivity contribution in [3.63, 3.8) is 0 Å². The van der Waals surface area contributed by atoms with E-state index in [1.165, 1.54) is 16.7 Å². The molecule has 0 bridgehead atoms. The molecule has 0 spiro atoms. The smallest absolute Gasteiger partial charge is 0.131 e. The summed E-state index contributed by atoms with van der Waals surface area (Å²) in [5.74, 6) is 1.60. The van der Waals surface area contributed by atoms with Crippen LogP contribution in [0, 0.1) is 13.8 Å². The zero-order valence-corrected chi connectivity index (χ0v) is 9.79. The second-order valence-electron chi connectivity index (χ2n) is 4.10. The minimum absolute atomic E-state index is 0.677. The molecule has 1 aromatic carbocycles. The molecular formula is C15H16O. The normalized spacial score (nSPS) is 18.8. The van der Waals surface area contributed by atoms with Crippen LogP contribution in [0.3, 0.4) is 0 Å². The van der Waals surface area contributed by atoms with Gasteiger partial charge < -0.3 is 4.74 Å². The summed E-state index contributed by atoms with van der Waals surface area (Å²) < 4.78 is 5.73. The van der Waals surface area contributed by atoms with Gasteiger partial charge in [0.05, 0.1) is 0 Å². The molecule has 0 radical (unpaired) electrons. The van der Waals surface area contributed by atoms with E-state index in [1.54, 1.807) is 0 Å². The van der Waals surface area contributed by atoms with Crippen molar-refractivity contribution in [2.75, 3.05) is 0 Å². The van der Waals surface area contributed by atoms with E-state index >= 15 is 0 Å². The first-order valence-electron chi connectivity index (χ1n) is 5.47. The number of hydrogen-bond donors (Lipinski definition) is 0. The standard InChI is InChI=1S/C15H16O/c1-11-9-14-8-6-4-5-7-13(3)16-15(14)10-12(11)2/h4-7,9-10H,3,8H2,1-2H3/b6-4-,7-5-. The highest BCUT2D eigenvalue weighted by molar-refractivity contribution is 5.44. The van der Waals surface area contributed by atoms with Gasteiger partial charge in [0, 0.05) is 0 Å². The summed E-state index contributed by atoms with van der Waals surface area (Å²) in [6.45, 7) is 8.09. The molecule has 1 aliphatic heterocycles. The average Bonchev–Trinajstić information content (AvgIpc) is 2.31. The van der Waals surface area contributed by atoms with Gasteiger partial charge in [0.25, 0.3) is 0 Å². The summed E-state index contributed by atoms with van der Waals surface area (Å²) in [7, 11) is 0. The topological polar surface area (TPSA) is 9.23 Å². The van der Waals surface area contributed by atoms with Crippen LogP contribution in [0.4, 0.5) is 0 Å². The molecule has 0 saturated heterocycles. The first-order valence-corrected chi connectivity index (χ1v) is 5.47. The van der Waals surface area contributed by atoms with Crippen LogP contribution in [0.5, 0.6) is 5.75 Å². The van der Waals surface area contributed by atoms with Crippen LogP contribution >= 0.6 is 0 Å². The molecule has 0 unspecified atom stereocenters. The molecule has 1 nitrogen and oxygen atoms in total. The van der Waals surface area contributed by atoms with E-state index in [2.05, 4.69) is 38.6 Å². The molecule has 82 valence electrons. The number of fused-ring (bicyclic) bond motifs is 1. The van der Waals surface area contributed by atoms with Crippen LogP contribution in [0.1, 0.15) is 16.7 Å². The fraction of sp³-hybridized carbons (Fsp3) is 0.200. The van der Waals surface area contributed by atoms with E-state index < -0.39 is 0 Å². The van der Waals surface area contributed by atoms with Crippen molar-refractivity contribution in [3.05, 3.63) is 65.5 Å². The highest BCUT2D eigenvalue weighted by atomic mass is 16.5. The quantitative estimate of drug-likeness (QED) is 0.634. The van der Waals surface area contributed by atoms with Gasteiger partial charge in [0.1, 0.15) is 11.5 Å². The number of hydrogen-bond acceptors (Lipinski definition) is 1. The van der Waals surface area contributed by atoms with E-state index in [9.17, 15) is 0 Å². The van der Waals surface area contributed by atoms with E-state index in [0.717, 1.165) is 12.2 Å². The maximum atomic E-state index is 5.73. The molecule has 0 amide bonds. The molecule has 0 aromatic heterocycles. The predicted molar refractivity (Wildman–Crippen MR) is 67.7 cm³/mol. The lowest BCUT2D eigenvalue weighted by atomic mass is 10.0. The zero-order chi connectivity index (χ0) is 11.5. The maximum absolute atomic E-state index is 5.73. The average molecular weight is 212 g/mol. The Bertz CT molecular complexity index is 478. The van der Waals surface area contributed by atoms with Crippen LogP contribution in [-0.2, 0) is 6.42 Å². The third-order valence-electron chi connectivity index (χ3n) is 2.78. The molecule has 1 heteroatoms. The molecule has 1 aromatic rings. The number of rotatable bonds is 0. The summed E-state index contributed by atoms with van der Waals surface area (Å²) in [5, 5.41) is 0. The van der Waals surface area contributed by atoms with Crippen molar-refractivity contribution in [1.82, 2.24) is 0 Å². The highest BCUT2D eigenvalue weighted by Crippen LogP contribution is 2.26. The van der Waals surface area contributed by atoms with Gasteiger partial charge in [-0.1, -0.05) is 30.9 Å². The van der Waals surface area contributed by atoms with Gasteiger partial charge in [-0.25, -0.2) is 0 Å². The Kier molecular flexibility index (Phi) is 2.95. The van der Waals surface area contributed by atoms with Crippen molar-refractivity contribution in [2.45, 2.75) is 20.3 Å². The molecule has 1 heterocycles. The van der Waals surface area contributed by atoms with E-state index in [-0.39, 0.29) is 0 Å². The van der Waals surface area contributed by atoms with Gasteiger partial charge in [-0.05, 0) is 49.1 Å². The molecule has 0 atom stereocenters. The van der Waals surface area contributed by atoms with Gasteiger partial charge in [-0.3, -0.25) is 0 Å². The highest BCUT2D eigenvalue weighted by Gasteiger charge is 2.07. The Balaban J connectivity index is 2.48. The fourth-order valence-electron chi connectivity index (χ4n) is 1.72. The van der Waals surface area contributed by atoms with Crippen LogP contribution in [0.2, 0.25) is 0 Å². The van der Waals surface area contributed by atoms with Gasteiger partial charge in [-0.2, -0.15) is 0 Å². The number of aryl methyl sites for hydroxylation is 2. The largest absolute Gasteiger partial charge is 0.458 e. The molecule has 0 fully saturated rings. The summed E-state index contributed by atoms with van der Waals surface area (Å²) in [4.78, 5) is 0. The van der Waals surface area contributed by atoms with Gasteiger partial charge in [-0.15, -0.1) is 0 Å². The van der Waals surface area contributed by atoms with Gasteiger partial charge >= 0.3 is 0 Å². The van der Waals surface area contributed by atoms with Crippen LogP contribution in [-0.4, -0.2) is 0 Å². The third kappa shape index (κ3) is 2.25. The van der Waals surface area contributed by atoms with Crippen molar-refractivity contribution >= 4 is 0 Å². The lowest BCUT2D eigenvalue weighted by Gasteiger charge is -2.12. The number of allylic oxidation sites excluding steroid dienone is 4. The van der Waals surface area contributed by atoms with Crippen LogP contribution < -0.4 is 4.74 Å². The third-order valence-corrected chi connectivity index (χ3v) is 2.78. The lowest BCUT2D eigenvalue weighted by molar-refractivity contribution is 0.442. The lowest BCUT2D eigenvalue weighted by Crippen LogP contribution is -1.96. The van der Waals surface area contributed by atoms with Crippen molar-refractivity contribution < 1.29 is 4.74 Å². The minimum atomic E-state index is 0.677. The summed E-state index contributed by atoms with van der Waals surface area (Å²) in [6, 6.07) is 4.27. The second kappa shape index (κ2) is 4.40. The molecular weight excluding hydrogens is 196 g/mol. The van der Waals surface area contributed by atoms with Crippen LogP contribution in [0.25, 0.3) is 0 Å². The number of ether oxygens (including phenoxy) is 1. The Morgan fingerprint density at radius 2 is 1.88 bits per heavy atom. The van der Waals surface area contributed by atoms with E-state index in [1.807, 2.05) is 18.2 Å². The molecule has 1 aliphatic rings. The summed E-state index contributed by atoms with van der Waals surface area (Å²) >= 11 is 0.